The van der Waals surface area contributed by atoms with Crippen LogP contribution in [0.3, 0.4) is 0 Å². The summed E-state index contributed by atoms with van der Waals surface area (Å²) in [6.07, 6.45) is 0. The molecule has 113 valence electrons. The number of benzene rings is 2. The Bertz CT molecular complexity index is 671. The van der Waals surface area contributed by atoms with Gasteiger partial charge in [-0.3, -0.25) is 0 Å². The van der Waals surface area contributed by atoms with Gasteiger partial charge in [0, 0.05) is 43.9 Å². The first-order chi connectivity index (χ1) is 9.67. The third-order valence-corrected chi connectivity index (χ3v) is 7.65. The number of hydrogen-bond donors (Lipinski definition) is 2. The van der Waals surface area contributed by atoms with E-state index in [0.29, 0.717) is 8.95 Å². The Morgan fingerprint density at radius 2 is 1.18 bits per heavy atom. The third kappa shape index (κ3) is 3.79. The van der Waals surface area contributed by atoms with Crippen LogP contribution in [0.2, 0.25) is 0 Å². The Labute approximate surface area is 185 Å². The topological polar surface area (TPSA) is 40.5 Å². The second kappa shape index (κ2) is 7.89. The van der Waals surface area contributed by atoms with E-state index in [2.05, 4.69) is 77.6 Å². The number of phenols is 2. The first-order valence-corrected chi connectivity index (χ1v) is 9.20. The molecule has 0 atom stereocenters. The fraction of sp³-hybridized carbons (Fsp3) is 0.200. The molecule has 0 aliphatic carbocycles. The largest absolute Gasteiger partial charge is 0.508 e. The van der Waals surface area contributed by atoms with Crippen LogP contribution in [0.1, 0.15) is 25.0 Å². The molecule has 0 heterocycles. The molecule has 0 unspecified atom stereocenters. The van der Waals surface area contributed by atoms with Crippen LogP contribution in [0.15, 0.2) is 42.2 Å². The normalized spacial score (nSPS) is 11.2. The Hall–Kier alpha value is 0.960. The number of phenolic OH excluding ortho intramolecular Hbond substituents is 2. The monoisotopic (exact) mass is 563 g/mol. The van der Waals surface area contributed by atoms with Gasteiger partial charge < -0.3 is 10.2 Å². The first kappa shape index (κ1) is 21.0. The van der Waals surface area contributed by atoms with Gasteiger partial charge in [0.15, 0.2) is 0 Å². The van der Waals surface area contributed by atoms with E-state index in [0.717, 1.165) is 20.1 Å². The Morgan fingerprint density at radius 3 is 1.59 bits per heavy atom. The maximum absolute atomic E-state index is 10.1. The molecule has 2 aromatic rings. The van der Waals surface area contributed by atoms with Crippen LogP contribution in [0.5, 0.6) is 11.5 Å². The van der Waals surface area contributed by atoms with Gasteiger partial charge in [-0.05, 0) is 87.0 Å². The number of hydrogen-bond acceptors (Lipinski definition) is 2. The van der Waals surface area contributed by atoms with Crippen molar-refractivity contribution in [3.05, 3.63) is 53.3 Å². The Balaban J connectivity index is 0.00000242. The minimum atomic E-state index is -0.343. The van der Waals surface area contributed by atoms with Gasteiger partial charge in [0.1, 0.15) is 11.5 Å². The SMILES string of the molecule is CC(C)(c1ccc(O)cc1)c1c(Br)c(Br)c(O)c(Br)c1Br.[Na]. The molecule has 0 spiro atoms. The predicted octanol–water partition coefficient (Wildman–Crippen LogP) is 6.09. The van der Waals surface area contributed by atoms with Gasteiger partial charge in [-0.15, -0.1) is 0 Å². The second-order valence-electron chi connectivity index (χ2n) is 5.15. The third-order valence-electron chi connectivity index (χ3n) is 3.45. The quantitative estimate of drug-likeness (QED) is 0.341. The molecule has 0 amide bonds. The smallest absolute Gasteiger partial charge is 0.146 e. The van der Waals surface area contributed by atoms with Gasteiger partial charge in [-0.25, -0.2) is 0 Å². The summed E-state index contributed by atoms with van der Waals surface area (Å²) in [6.45, 7) is 4.17. The van der Waals surface area contributed by atoms with E-state index in [1.165, 1.54) is 0 Å². The minimum Gasteiger partial charge on any atom is -0.508 e. The summed E-state index contributed by atoms with van der Waals surface area (Å²) in [5, 5.41) is 19.5. The summed E-state index contributed by atoms with van der Waals surface area (Å²) in [6, 6.07) is 7.12. The summed E-state index contributed by atoms with van der Waals surface area (Å²) in [4.78, 5) is 0. The van der Waals surface area contributed by atoms with Crippen LogP contribution in [0.4, 0.5) is 0 Å². The van der Waals surface area contributed by atoms with Crippen molar-refractivity contribution in [1.82, 2.24) is 0 Å². The van der Waals surface area contributed by atoms with E-state index >= 15 is 0 Å². The molecule has 0 aliphatic rings. The predicted molar refractivity (Wildman–Crippen MR) is 105 cm³/mol. The molecule has 0 saturated heterocycles. The van der Waals surface area contributed by atoms with Crippen molar-refractivity contribution in [2.75, 3.05) is 0 Å². The van der Waals surface area contributed by atoms with Crippen molar-refractivity contribution >= 4 is 93.3 Å². The maximum Gasteiger partial charge on any atom is 0.146 e. The van der Waals surface area contributed by atoms with Crippen LogP contribution in [-0.2, 0) is 5.41 Å². The van der Waals surface area contributed by atoms with Gasteiger partial charge in [0.2, 0.25) is 0 Å². The molecular weight excluding hydrogens is 555 g/mol. The summed E-state index contributed by atoms with van der Waals surface area (Å²) < 4.78 is 2.76. The second-order valence-corrected chi connectivity index (χ2v) is 8.32. The number of aromatic hydroxyl groups is 2. The average Bonchev–Trinajstić information content (AvgIpc) is 2.43. The van der Waals surface area contributed by atoms with E-state index in [9.17, 15) is 10.2 Å². The molecule has 2 nitrogen and oxygen atoms in total. The zero-order valence-electron chi connectivity index (χ0n) is 12.2. The Kier molecular flexibility index (Phi) is 7.54. The molecule has 22 heavy (non-hydrogen) atoms. The van der Waals surface area contributed by atoms with Crippen molar-refractivity contribution in [2.45, 2.75) is 19.3 Å². The van der Waals surface area contributed by atoms with Crippen molar-refractivity contribution in [3.8, 4) is 11.5 Å². The fourth-order valence-electron chi connectivity index (χ4n) is 2.19. The average molecular weight is 567 g/mol. The molecule has 2 rings (SSSR count). The van der Waals surface area contributed by atoms with Crippen molar-refractivity contribution in [3.63, 3.8) is 0 Å². The van der Waals surface area contributed by atoms with Crippen molar-refractivity contribution in [2.24, 2.45) is 0 Å². The molecule has 0 aromatic heterocycles. The Morgan fingerprint density at radius 1 is 0.773 bits per heavy atom. The summed E-state index contributed by atoms with van der Waals surface area (Å²) in [5.41, 5.74) is 1.69. The molecule has 2 N–H and O–H groups in total. The number of rotatable bonds is 2. The van der Waals surface area contributed by atoms with Crippen LogP contribution >= 0.6 is 63.7 Å². The molecule has 0 aliphatic heterocycles. The van der Waals surface area contributed by atoms with Crippen LogP contribution in [0, 0.1) is 0 Å². The van der Waals surface area contributed by atoms with Gasteiger partial charge in [0.25, 0.3) is 0 Å². The number of halogens is 4. The first-order valence-electron chi connectivity index (χ1n) is 6.02. The molecule has 0 bridgehead atoms. The zero-order chi connectivity index (χ0) is 15.9. The molecule has 0 fully saturated rings. The van der Waals surface area contributed by atoms with E-state index in [1.54, 1.807) is 12.1 Å². The fourth-order valence-corrected chi connectivity index (χ4v) is 5.28. The van der Waals surface area contributed by atoms with E-state index in [-0.39, 0.29) is 46.5 Å². The van der Waals surface area contributed by atoms with Gasteiger partial charge in [0.05, 0.1) is 8.95 Å². The minimum absolute atomic E-state index is 0. The maximum atomic E-state index is 10.1. The van der Waals surface area contributed by atoms with E-state index in [4.69, 9.17) is 0 Å². The van der Waals surface area contributed by atoms with Crippen LogP contribution < -0.4 is 0 Å². The van der Waals surface area contributed by atoms with Crippen LogP contribution in [-0.4, -0.2) is 39.8 Å². The van der Waals surface area contributed by atoms with Crippen molar-refractivity contribution in [1.29, 1.82) is 0 Å². The summed E-state index contributed by atoms with van der Waals surface area (Å²) in [5.74, 6) is 0.375. The molecule has 1 radical (unpaired) electrons. The van der Waals surface area contributed by atoms with E-state index in [1.807, 2.05) is 12.1 Å². The van der Waals surface area contributed by atoms with E-state index < -0.39 is 0 Å². The molecule has 0 saturated carbocycles. The molecular formula is C15H12Br4NaO2. The standard InChI is InChI=1S/C15H12Br4O2.Na/c1-15(2,7-3-5-8(20)6-4-7)9-10(16)12(18)14(21)13(19)11(9)17;/h3-6,20-21H,1-2H3;. The zero-order valence-corrected chi connectivity index (χ0v) is 20.6. The van der Waals surface area contributed by atoms with Gasteiger partial charge >= 0.3 is 0 Å². The molecule has 2 aromatic carbocycles. The summed E-state index contributed by atoms with van der Waals surface area (Å²) in [7, 11) is 0. The van der Waals surface area contributed by atoms with Crippen LogP contribution in [0.25, 0.3) is 0 Å². The van der Waals surface area contributed by atoms with Gasteiger partial charge in [-0.1, -0.05) is 26.0 Å². The van der Waals surface area contributed by atoms with Gasteiger partial charge in [-0.2, -0.15) is 0 Å². The summed E-state index contributed by atoms with van der Waals surface area (Å²) >= 11 is 13.9. The van der Waals surface area contributed by atoms with Crippen molar-refractivity contribution < 1.29 is 10.2 Å². The molecule has 7 heteroatoms.